The molecule has 0 amide bonds. The first-order valence-corrected chi connectivity index (χ1v) is 7.55. The Labute approximate surface area is 132 Å². The quantitative estimate of drug-likeness (QED) is 0.691. The largest absolute Gasteiger partial charge is 0.733 e. The lowest BCUT2D eigenvalue weighted by molar-refractivity contribution is 0.296. The van der Waals surface area contributed by atoms with Gasteiger partial charge in [0.25, 0.3) is 0 Å². The molecule has 0 aliphatic heterocycles. The molecule has 6 heteroatoms. The fraction of sp³-hybridized carbons (Fsp3) is 0.0625. The number of rotatable bonds is 4. The van der Waals surface area contributed by atoms with Crippen molar-refractivity contribution in [3.05, 3.63) is 64.7 Å². The van der Waals surface area contributed by atoms with Gasteiger partial charge in [0.15, 0.2) is 5.13 Å². The average Bonchev–Trinajstić information content (AvgIpc) is 2.96. The minimum absolute atomic E-state index is 0.162. The number of benzene rings is 2. The monoisotopic (exact) mass is 312 g/mol. The maximum absolute atomic E-state index is 10.9. The van der Waals surface area contributed by atoms with Gasteiger partial charge in [0.1, 0.15) is 0 Å². The number of anilines is 3. The Morgan fingerprint density at radius 2 is 1.95 bits per heavy atom. The third-order valence-corrected chi connectivity index (χ3v) is 3.93. The summed E-state index contributed by atoms with van der Waals surface area (Å²) in [5.74, 6) is 0. The molecule has 1 aromatic heterocycles. The number of hydrogen-bond acceptors (Lipinski definition) is 6. The first-order chi connectivity index (χ1) is 10.6. The number of hydrogen-bond donors (Lipinski definition) is 2. The molecular formula is C16H14N3O2S-. The normalized spacial score (nSPS) is 10.5. The summed E-state index contributed by atoms with van der Waals surface area (Å²) in [7, 11) is 0. The zero-order valence-corrected chi connectivity index (χ0v) is 12.7. The van der Waals surface area contributed by atoms with Crippen molar-refractivity contribution in [2.24, 2.45) is 0 Å². The molecule has 0 aliphatic rings. The highest BCUT2D eigenvalue weighted by atomic mass is 32.1. The average molecular weight is 312 g/mol. The van der Waals surface area contributed by atoms with Gasteiger partial charge in [-0.1, -0.05) is 35.9 Å². The second-order valence-electron chi connectivity index (χ2n) is 4.85. The number of nitrogens with zero attached hydrogens (tertiary/aromatic N) is 2. The third kappa shape index (κ3) is 3.25. The van der Waals surface area contributed by atoms with E-state index in [1.165, 1.54) is 23.0 Å². The van der Waals surface area contributed by atoms with Crippen molar-refractivity contribution in [1.29, 1.82) is 0 Å². The zero-order chi connectivity index (χ0) is 15.5. The SMILES string of the molecule is Cc1ccc(-c2csc(Nc3cccc(N([O-])O)c3)n2)cc1. The van der Waals surface area contributed by atoms with E-state index in [-0.39, 0.29) is 10.9 Å². The smallest absolute Gasteiger partial charge is 0.187 e. The van der Waals surface area contributed by atoms with Gasteiger partial charge in [0, 0.05) is 16.6 Å². The number of nitrogens with one attached hydrogen (secondary N) is 1. The van der Waals surface area contributed by atoms with E-state index in [0.29, 0.717) is 5.69 Å². The number of thiazole rings is 1. The van der Waals surface area contributed by atoms with Crippen LogP contribution in [0.3, 0.4) is 0 Å². The molecule has 0 saturated heterocycles. The molecule has 0 spiro atoms. The predicted octanol–water partition coefficient (Wildman–Crippen LogP) is 4.56. The Morgan fingerprint density at radius 1 is 1.18 bits per heavy atom. The summed E-state index contributed by atoms with van der Waals surface area (Å²) in [6.07, 6.45) is 0. The fourth-order valence-electron chi connectivity index (χ4n) is 2.01. The van der Waals surface area contributed by atoms with Crippen LogP contribution in [0.1, 0.15) is 5.56 Å². The van der Waals surface area contributed by atoms with Gasteiger partial charge in [-0.05, 0) is 25.1 Å². The molecular weight excluding hydrogens is 298 g/mol. The van der Waals surface area contributed by atoms with Crippen LogP contribution in [-0.4, -0.2) is 10.2 Å². The highest BCUT2D eigenvalue weighted by molar-refractivity contribution is 7.14. The molecule has 2 N–H and O–H groups in total. The predicted molar refractivity (Wildman–Crippen MR) is 89.6 cm³/mol. The fourth-order valence-corrected chi connectivity index (χ4v) is 2.75. The Kier molecular flexibility index (Phi) is 4.06. The second-order valence-corrected chi connectivity index (χ2v) is 5.71. The molecule has 1 heterocycles. The van der Waals surface area contributed by atoms with Crippen LogP contribution in [0.2, 0.25) is 0 Å². The summed E-state index contributed by atoms with van der Waals surface area (Å²) in [6, 6.07) is 14.8. The van der Waals surface area contributed by atoms with Crippen LogP contribution in [0, 0.1) is 12.1 Å². The lowest BCUT2D eigenvalue weighted by Crippen LogP contribution is -2.06. The molecule has 2 aromatic carbocycles. The van der Waals surface area contributed by atoms with E-state index in [2.05, 4.69) is 22.4 Å². The molecule has 0 atom stereocenters. The van der Waals surface area contributed by atoms with Gasteiger partial charge in [0.05, 0.1) is 11.4 Å². The molecule has 0 unspecified atom stereocenters. The van der Waals surface area contributed by atoms with Crippen LogP contribution in [0.4, 0.5) is 16.5 Å². The van der Waals surface area contributed by atoms with E-state index >= 15 is 0 Å². The Hall–Kier alpha value is -2.41. The molecule has 5 nitrogen and oxygen atoms in total. The zero-order valence-electron chi connectivity index (χ0n) is 11.9. The highest BCUT2D eigenvalue weighted by Crippen LogP contribution is 2.28. The van der Waals surface area contributed by atoms with Crippen molar-refractivity contribution in [3.63, 3.8) is 0 Å². The van der Waals surface area contributed by atoms with E-state index in [0.717, 1.165) is 16.4 Å². The molecule has 112 valence electrons. The highest BCUT2D eigenvalue weighted by Gasteiger charge is 2.05. The van der Waals surface area contributed by atoms with E-state index < -0.39 is 0 Å². The molecule has 3 aromatic rings. The standard InChI is InChI=1S/C16H14N3O2S/c1-11-5-7-12(8-6-11)15-10-22-16(18-15)17-13-3-2-4-14(9-13)19(20)21/h2-10,20H,1H3,(H,17,18)/q-1. The van der Waals surface area contributed by atoms with Gasteiger partial charge in [-0.25, -0.2) is 4.98 Å². The molecule has 0 radical (unpaired) electrons. The van der Waals surface area contributed by atoms with Crippen LogP contribution in [0.15, 0.2) is 53.9 Å². The summed E-state index contributed by atoms with van der Waals surface area (Å²) >= 11 is 1.48. The van der Waals surface area contributed by atoms with E-state index in [9.17, 15) is 5.21 Å². The van der Waals surface area contributed by atoms with E-state index in [1.807, 2.05) is 24.4 Å². The van der Waals surface area contributed by atoms with Crippen LogP contribution in [0.5, 0.6) is 0 Å². The third-order valence-electron chi connectivity index (χ3n) is 3.17. The number of aryl methyl sites for hydroxylation is 1. The summed E-state index contributed by atoms with van der Waals surface area (Å²) in [5.41, 5.74) is 4.03. The minimum atomic E-state index is -0.162. The van der Waals surface area contributed by atoms with Gasteiger partial charge in [-0.15, -0.1) is 11.3 Å². The molecule has 0 aliphatic carbocycles. The van der Waals surface area contributed by atoms with Crippen molar-refractivity contribution in [1.82, 2.24) is 4.98 Å². The lowest BCUT2D eigenvalue weighted by Gasteiger charge is -2.21. The Morgan fingerprint density at radius 3 is 2.68 bits per heavy atom. The van der Waals surface area contributed by atoms with Crippen LogP contribution in [-0.2, 0) is 0 Å². The Balaban J connectivity index is 1.79. The molecule has 0 bridgehead atoms. The van der Waals surface area contributed by atoms with Gasteiger partial charge in [-0.3, -0.25) is 5.21 Å². The van der Waals surface area contributed by atoms with Gasteiger partial charge < -0.3 is 15.8 Å². The van der Waals surface area contributed by atoms with Crippen molar-refractivity contribution in [3.8, 4) is 11.3 Å². The van der Waals surface area contributed by atoms with Crippen molar-refractivity contribution >= 4 is 27.8 Å². The molecule has 22 heavy (non-hydrogen) atoms. The van der Waals surface area contributed by atoms with Gasteiger partial charge in [-0.2, -0.15) is 0 Å². The molecule has 0 fully saturated rings. The van der Waals surface area contributed by atoms with E-state index in [4.69, 9.17) is 5.21 Å². The first kappa shape index (κ1) is 14.5. The van der Waals surface area contributed by atoms with Gasteiger partial charge in [0.2, 0.25) is 0 Å². The van der Waals surface area contributed by atoms with Crippen LogP contribution < -0.4 is 10.5 Å². The second kappa shape index (κ2) is 6.15. The number of aromatic nitrogens is 1. The molecule has 0 saturated carbocycles. The maximum Gasteiger partial charge on any atom is 0.187 e. The minimum Gasteiger partial charge on any atom is -0.733 e. The van der Waals surface area contributed by atoms with Crippen molar-refractivity contribution in [2.75, 3.05) is 10.5 Å². The van der Waals surface area contributed by atoms with Gasteiger partial charge >= 0.3 is 0 Å². The summed E-state index contributed by atoms with van der Waals surface area (Å²) in [5, 5.41) is 25.5. The summed E-state index contributed by atoms with van der Waals surface area (Å²) < 4.78 is 0. The first-order valence-electron chi connectivity index (χ1n) is 6.67. The molecule has 3 rings (SSSR count). The topological polar surface area (TPSA) is 71.5 Å². The maximum atomic E-state index is 10.9. The van der Waals surface area contributed by atoms with Crippen LogP contribution >= 0.6 is 11.3 Å². The summed E-state index contributed by atoms with van der Waals surface area (Å²) in [4.78, 5) is 4.53. The van der Waals surface area contributed by atoms with Crippen LogP contribution in [0.25, 0.3) is 11.3 Å². The lowest BCUT2D eigenvalue weighted by atomic mass is 10.1. The van der Waals surface area contributed by atoms with E-state index in [1.54, 1.807) is 18.2 Å². The Bertz CT molecular complexity index is 769. The van der Waals surface area contributed by atoms with Crippen molar-refractivity contribution < 1.29 is 5.21 Å². The van der Waals surface area contributed by atoms with Crippen molar-refractivity contribution in [2.45, 2.75) is 6.92 Å². The summed E-state index contributed by atoms with van der Waals surface area (Å²) in [6.45, 7) is 2.05.